The Morgan fingerprint density at radius 1 is 1.26 bits per heavy atom. The number of nitrogens with one attached hydrogen (secondary N) is 1. The second kappa shape index (κ2) is 5.93. The summed E-state index contributed by atoms with van der Waals surface area (Å²) >= 11 is 0. The monoisotopic (exact) mass is 261 g/mol. The Balaban J connectivity index is 1.73. The van der Waals surface area contributed by atoms with Gasteiger partial charge in [-0.3, -0.25) is 0 Å². The summed E-state index contributed by atoms with van der Waals surface area (Å²) in [6.45, 7) is 5.83. The van der Waals surface area contributed by atoms with E-state index in [-0.39, 0.29) is 0 Å². The fraction of sp³-hybridized carbons (Fsp3) is 0.625. The zero-order valence-electron chi connectivity index (χ0n) is 11.6. The third kappa shape index (κ3) is 2.77. The van der Waals surface area contributed by atoms with Gasteiger partial charge in [-0.1, -0.05) is 25.1 Å². The van der Waals surface area contributed by atoms with E-state index in [2.05, 4.69) is 30.4 Å². The molecule has 3 nitrogen and oxygen atoms in total. The summed E-state index contributed by atoms with van der Waals surface area (Å²) in [5, 5.41) is 3.67. The van der Waals surface area contributed by atoms with Gasteiger partial charge >= 0.3 is 0 Å². The van der Waals surface area contributed by atoms with Gasteiger partial charge in [-0.05, 0) is 31.0 Å². The molecule has 3 heteroatoms. The zero-order valence-corrected chi connectivity index (χ0v) is 11.6. The van der Waals surface area contributed by atoms with Crippen molar-refractivity contribution < 1.29 is 9.47 Å². The van der Waals surface area contributed by atoms with Crippen molar-refractivity contribution in [2.45, 2.75) is 25.8 Å². The lowest BCUT2D eigenvalue weighted by Crippen LogP contribution is -2.46. The molecular weight excluding hydrogens is 238 g/mol. The van der Waals surface area contributed by atoms with E-state index >= 15 is 0 Å². The maximum absolute atomic E-state index is 5.94. The number of fused-ring (bicyclic) bond motifs is 1. The van der Waals surface area contributed by atoms with Gasteiger partial charge in [-0.2, -0.15) is 0 Å². The summed E-state index contributed by atoms with van der Waals surface area (Å²) in [7, 11) is 0. The molecule has 0 radical (unpaired) electrons. The van der Waals surface area contributed by atoms with E-state index in [0.29, 0.717) is 17.9 Å². The molecular formula is C16H23NO2. The van der Waals surface area contributed by atoms with Crippen LogP contribution in [0.25, 0.3) is 0 Å². The molecule has 0 spiro atoms. The van der Waals surface area contributed by atoms with Crippen LogP contribution in [-0.4, -0.2) is 32.4 Å². The average molecular weight is 261 g/mol. The lowest BCUT2D eigenvalue weighted by atomic mass is 9.83. The first-order valence-electron chi connectivity index (χ1n) is 7.40. The molecule has 2 aliphatic rings. The lowest BCUT2D eigenvalue weighted by Gasteiger charge is -2.35. The Hall–Kier alpha value is -1.06. The highest BCUT2D eigenvalue weighted by atomic mass is 16.5. The summed E-state index contributed by atoms with van der Waals surface area (Å²) in [4.78, 5) is 0. The maximum atomic E-state index is 5.94. The molecule has 1 saturated heterocycles. The van der Waals surface area contributed by atoms with E-state index in [1.54, 1.807) is 0 Å². The van der Waals surface area contributed by atoms with Crippen LogP contribution in [-0.2, 0) is 11.2 Å². The van der Waals surface area contributed by atoms with Crippen molar-refractivity contribution in [2.24, 2.45) is 11.8 Å². The SMILES string of the molecule is CCNC(C1CCOC1)C1COc2ccccc2C1. The van der Waals surface area contributed by atoms with Crippen molar-refractivity contribution in [3.63, 3.8) is 0 Å². The fourth-order valence-electron chi connectivity index (χ4n) is 3.37. The van der Waals surface area contributed by atoms with Crippen LogP contribution in [0.4, 0.5) is 0 Å². The van der Waals surface area contributed by atoms with Crippen molar-refractivity contribution in [1.29, 1.82) is 0 Å². The first-order chi connectivity index (χ1) is 9.38. The fourth-order valence-corrected chi connectivity index (χ4v) is 3.37. The third-order valence-corrected chi connectivity index (χ3v) is 4.33. The van der Waals surface area contributed by atoms with Crippen LogP contribution in [0.5, 0.6) is 5.75 Å². The summed E-state index contributed by atoms with van der Waals surface area (Å²) < 4.78 is 11.5. The molecule has 2 heterocycles. The Kier molecular flexibility index (Phi) is 4.04. The zero-order chi connectivity index (χ0) is 13.1. The highest BCUT2D eigenvalue weighted by Crippen LogP contribution is 2.32. The minimum Gasteiger partial charge on any atom is -0.493 e. The molecule has 104 valence electrons. The van der Waals surface area contributed by atoms with Gasteiger partial charge in [0, 0.05) is 24.5 Å². The summed E-state index contributed by atoms with van der Waals surface area (Å²) in [5.41, 5.74) is 1.35. The summed E-state index contributed by atoms with van der Waals surface area (Å²) in [6, 6.07) is 8.93. The van der Waals surface area contributed by atoms with Crippen LogP contribution < -0.4 is 10.1 Å². The molecule has 1 N–H and O–H groups in total. The van der Waals surface area contributed by atoms with Crippen molar-refractivity contribution in [1.82, 2.24) is 5.32 Å². The van der Waals surface area contributed by atoms with Gasteiger partial charge in [0.2, 0.25) is 0 Å². The van der Waals surface area contributed by atoms with E-state index in [1.165, 1.54) is 12.0 Å². The van der Waals surface area contributed by atoms with Crippen molar-refractivity contribution in [3.8, 4) is 5.75 Å². The van der Waals surface area contributed by atoms with E-state index in [4.69, 9.17) is 9.47 Å². The molecule has 1 aromatic carbocycles. The molecule has 1 aromatic rings. The molecule has 0 bridgehead atoms. The molecule has 3 atom stereocenters. The van der Waals surface area contributed by atoms with Crippen LogP contribution in [0.2, 0.25) is 0 Å². The number of benzene rings is 1. The number of ether oxygens (including phenoxy) is 2. The number of hydrogen-bond donors (Lipinski definition) is 1. The van der Waals surface area contributed by atoms with Crippen molar-refractivity contribution in [3.05, 3.63) is 29.8 Å². The van der Waals surface area contributed by atoms with Crippen LogP contribution in [0.3, 0.4) is 0 Å². The molecule has 2 aliphatic heterocycles. The molecule has 3 rings (SSSR count). The molecule has 0 amide bonds. The van der Waals surface area contributed by atoms with E-state index in [9.17, 15) is 0 Å². The van der Waals surface area contributed by atoms with Crippen molar-refractivity contribution >= 4 is 0 Å². The van der Waals surface area contributed by atoms with Crippen LogP contribution in [0.15, 0.2) is 24.3 Å². The normalized spacial score (nSPS) is 27.6. The predicted molar refractivity (Wildman–Crippen MR) is 75.5 cm³/mol. The first kappa shape index (κ1) is 12.9. The van der Waals surface area contributed by atoms with Crippen LogP contribution in [0.1, 0.15) is 18.9 Å². The molecule has 19 heavy (non-hydrogen) atoms. The van der Waals surface area contributed by atoms with Gasteiger partial charge in [0.25, 0.3) is 0 Å². The largest absolute Gasteiger partial charge is 0.493 e. The second-order valence-corrected chi connectivity index (χ2v) is 5.59. The van der Waals surface area contributed by atoms with Gasteiger partial charge in [0.15, 0.2) is 0 Å². The smallest absolute Gasteiger partial charge is 0.122 e. The number of rotatable bonds is 4. The number of para-hydroxylation sites is 1. The van der Waals surface area contributed by atoms with Crippen LogP contribution in [0, 0.1) is 11.8 Å². The van der Waals surface area contributed by atoms with E-state index in [1.807, 2.05) is 6.07 Å². The quantitative estimate of drug-likeness (QED) is 0.902. The van der Waals surface area contributed by atoms with Gasteiger partial charge < -0.3 is 14.8 Å². The standard InChI is InChI=1S/C16H23NO2/c1-2-17-16(13-7-8-18-10-13)14-9-12-5-3-4-6-15(12)19-11-14/h3-6,13-14,16-17H,2,7-11H2,1H3. The molecule has 0 saturated carbocycles. The molecule has 0 aliphatic carbocycles. The van der Waals surface area contributed by atoms with Crippen molar-refractivity contribution in [2.75, 3.05) is 26.4 Å². The lowest BCUT2D eigenvalue weighted by molar-refractivity contribution is 0.133. The van der Waals surface area contributed by atoms with Gasteiger partial charge in [-0.15, -0.1) is 0 Å². The third-order valence-electron chi connectivity index (χ3n) is 4.33. The minimum absolute atomic E-state index is 0.515. The van der Waals surface area contributed by atoms with Crippen LogP contribution >= 0.6 is 0 Å². The second-order valence-electron chi connectivity index (χ2n) is 5.59. The van der Waals surface area contributed by atoms with Gasteiger partial charge in [-0.25, -0.2) is 0 Å². The maximum Gasteiger partial charge on any atom is 0.122 e. The Morgan fingerprint density at radius 2 is 2.16 bits per heavy atom. The minimum atomic E-state index is 0.515. The molecule has 1 fully saturated rings. The molecule has 3 unspecified atom stereocenters. The van der Waals surface area contributed by atoms with Gasteiger partial charge in [0.1, 0.15) is 5.75 Å². The number of hydrogen-bond acceptors (Lipinski definition) is 3. The van der Waals surface area contributed by atoms with E-state index in [0.717, 1.165) is 38.5 Å². The Morgan fingerprint density at radius 3 is 2.95 bits per heavy atom. The summed E-state index contributed by atoms with van der Waals surface area (Å²) in [6.07, 6.45) is 2.29. The Bertz CT molecular complexity index is 415. The Labute approximate surface area is 115 Å². The average Bonchev–Trinajstić information content (AvgIpc) is 2.98. The molecule has 0 aromatic heterocycles. The highest BCUT2D eigenvalue weighted by Gasteiger charge is 2.34. The van der Waals surface area contributed by atoms with Gasteiger partial charge in [0.05, 0.1) is 13.2 Å². The predicted octanol–water partition coefficient (Wildman–Crippen LogP) is 2.25. The van der Waals surface area contributed by atoms with E-state index < -0.39 is 0 Å². The first-order valence-corrected chi connectivity index (χ1v) is 7.40. The topological polar surface area (TPSA) is 30.5 Å². The summed E-state index contributed by atoms with van der Waals surface area (Å²) in [5.74, 6) is 2.26. The highest BCUT2D eigenvalue weighted by molar-refractivity contribution is 5.35.